The van der Waals surface area contributed by atoms with Gasteiger partial charge in [0.1, 0.15) is 23.4 Å². The molecule has 35 heavy (non-hydrogen) atoms. The number of hydrogen-bond acceptors (Lipinski definition) is 4. The van der Waals surface area contributed by atoms with E-state index in [9.17, 15) is 10.2 Å². The molecule has 1 saturated heterocycles. The van der Waals surface area contributed by atoms with E-state index >= 15 is 0 Å². The molecule has 0 saturated carbocycles. The second-order valence-electron chi connectivity index (χ2n) is 9.47. The average molecular weight is 467 g/mol. The fourth-order valence-electron chi connectivity index (χ4n) is 5.13. The summed E-state index contributed by atoms with van der Waals surface area (Å²) in [5.41, 5.74) is -0.564. The third-order valence-electron chi connectivity index (χ3n) is 6.78. The van der Waals surface area contributed by atoms with E-state index in [1.807, 2.05) is 135 Å². The van der Waals surface area contributed by atoms with Crippen LogP contribution in [-0.2, 0) is 20.7 Å². The molecule has 1 fully saturated rings. The molecule has 4 aromatic carbocycles. The van der Waals surface area contributed by atoms with Gasteiger partial charge in [0.2, 0.25) is 0 Å². The van der Waals surface area contributed by atoms with Gasteiger partial charge in [-0.1, -0.05) is 121 Å². The Balaban J connectivity index is 1.76. The molecule has 1 heterocycles. The van der Waals surface area contributed by atoms with Crippen LogP contribution in [0.3, 0.4) is 0 Å². The lowest BCUT2D eigenvalue weighted by atomic mass is 9.72. The highest BCUT2D eigenvalue weighted by atomic mass is 16.8. The fraction of sp³-hybridized carbons (Fsp3) is 0.226. The Morgan fingerprint density at radius 1 is 0.486 bits per heavy atom. The maximum Gasteiger partial charge on any atom is 0.164 e. The van der Waals surface area contributed by atoms with Crippen molar-refractivity contribution in [2.45, 2.75) is 43.0 Å². The Morgan fingerprint density at radius 2 is 0.714 bits per heavy atom. The molecule has 1 unspecified atom stereocenters. The largest absolute Gasteiger partial charge is 0.378 e. The Bertz CT molecular complexity index is 1060. The van der Waals surface area contributed by atoms with E-state index < -0.39 is 29.2 Å². The summed E-state index contributed by atoms with van der Waals surface area (Å²) in [5, 5.41) is 25.2. The monoisotopic (exact) mass is 466 g/mol. The maximum absolute atomic E-state index is 12.6. The normalized spacial score (nSPS) is 20.0. The second-order valence-corrected chi connectivity index (χ2v) is 9.47. The molecule has 1 aliphatic heterocycles. The highest BCUT2D eigenvalue weighted by Crippen LogP contribution is 2.50. The first kappa shape index (κ1) is 23.5. The van der Waals surface area contributed by atoms with Crippen LogP contribution in [-0.4, -0.2) is 28.2 Å². The van der Waals surface area contributed by atoms with Crippen LogP contribution in [0.2, 0.25) is 0 Å². The second kappa shape index (κ2) is 9.06. The van der Waals surface area contributed by atoms with Crippen molar-refractivity contribution >= 4 is 0 Å². The summed E-state index contributed by atoms with van der Waals surface area (Å²) < 4.78 is 13.0. The maximum atomic E-state index is 12.6. The van der Waals surface area contributed by atoms with Crippen molar-refractivity contribution in [1.29, 1.82) is 0 Å². The SMILES string of the molecule is CC1(C)OC(C(O)(c2ccccc2)c2ccccc2)[C@H](C(O)(c2ccccc2)c2ccccc2)O1. The van der Waals surface area contributed by atoms with Crippen LogP contribution in [0.5, 0.6) is 0 Å². The van der Waals surface area contributed by atoms with Crippen molar-refractivity contribution in [1.82, 2.24) is 0 Å². The van der Waals surface area contributed by atoms with Crippen LogP contribution >= 0.6 is 0 Å². The van der Waals surface area contributed by atoms with Crippen LogP contribution in [0, 0.1) is 0 Å². The topological polar surface area (TPSA) is 58.9 Å². The predicted octanol–water partition coefficient (Wildman–Crippen LogP) is 5.38. The van der Waals surface area contributed by atoms with E-state index in [1.165, 1.54) is 0 Å². The lowest BCUT2D eigenvalue weighted by Gasteiger charge is -2.42. The molecule has 4 nitrogen and oxygen atoms in total. The first-order valence-electron chi connectivity index (χ1n) is 11.9. The Kier molecular flexibility index (Phi) is 6.07. The quantitative estimate of drug-likeness (QED) is 0.401. The lowest BCUT2D eigenvalue weighted by molar-refractivity contribution is -0.172. The molecule has 2 atom stereocenters. The molecular weight excluding hydrogens is 436 g/mol. The van der Waals surface area contributed by atoms with E-state index in [2.05, 4.69) is 0 Å². The van der Waals surface area contributed by atoms with E-state index in [0.717, 1.165) is 0 Å². The van der Waals surface area contributed by atoms with Gasteiger partial charge in [0.15, 0.2) is 5.79 Å². The summed E-state index contributed by atoms with van der Waals surface area (Å²) >= 11 is 0. The fourth-order valence-corrected chi connectivity index (χ4v) is 5.13. The first-order chi connectivity index (χ1) is 16.9. The lowest BCUT2D eigenvalue weighted by Crippen LogP contribution is -2.54. The van der Waals surface area contributed by atoms with Crippen LogP contribution in [0.15, 0.2) is 121 Å². The van der Waals surface area contributed by atoms with E-state index in [0.29, 0.717) is 22.3 Å². The zero-order valence-corrected chi connectivity index (χ0v) is 19.9. The van der Waals surface area contributed by atoms with Gasteiger partial charge in [-0.05, 0) is 36.1 Å². The number of benzene rings is 4. The van der Waals surface area contributed by atoms with Crippen LogP contribution in [0.1, 0.15) is 36.1 Å². The van der Waals surface area contributed by atoms with Crippen LogP contribution in [0.25, 0.3) is 0 Å². The molecule has 0 aliphatic carbocycles. The molecule has 5 rings (SSSR count). The summed E-state index contributed by atoms with van der Waals surface area (Å²) in [7, 11) is 0. The zero-order chi connectivity index (χ0) is 24.5. The Morgan fingerprint density at radius 3 is 0.943 bits per heavy atom. The summed E-state index contributed by atoms with van der Waals surface area (Å²) in [6, 6.07) is 37.8. The van der Waals surface area contributed by atoms with Gasteiger partial charge in [-0.15, -0.1) is 0 Å². The van der Waals surface area contributed by atoms with Gasteiger partial charge in [-0.3, -0.25) is 0 Å². The van der Waals surface area contributed by atoms with Gasteiger partial charge in [0.05, 0.1) is 0 Å². The van der Waals surface area contributed by atoms with Crippen LogP contribution in [0.4, 0.5) is 0 Å². The summed E-state index contributed by atoms with van der Waals surface area (Å²) in [5.74, 6) is -1.05. The van der Waals surface area contributed by atoms with E-state index in [-0.39, 0.29) is 0 Å². The minimum atomic E-state index is -1.60. The molecule has 1 aliphatic rings. The van der Waals surface area contributed by atoms with Crippen molar-refractivity contribution < 1.29 is 19.7 Å². The Hall–Kier alpha value is -3.28. The van der Waals surface area contributed by atoms with Gasteiger partial charge in [0.25, 0.3) is 0 Å². The highest BCUT2D eigenvalue weighted by molar-refractivity contribution is 5.43. The Labute approximate surface area is 206 Å². The summed E-state index contributed by atoms with van der Waals surface area (Å²) in [4.78, 5) is 0. The predicted molar refractivity (Wildman–Crippen MR) is 136 cm³/mol. The number of hydrogen-bond donors (Lipinski definition) is 2. The molecule has 0 radical (unpaired) electrons. The number of aliphatic hydroxyl groups is 2. The van der Waals surface area contributed by atoms with Crippen LogP contribution < -0.4 is 0 Å². The third kappa shape index (κ3) is 4.09. The molecule has 4 heteroatoms. The average Bonchev–Trinajstić information content (AvgIpc) is 3.26. The van der Waals surface area contributed by atoms with Gasteiger partial charge >= 0.3 is 0 Å². The molecule has 178 valence electrons. The van der Waals surface area contributed by atoms with Gasteiger partial charge in [-0.2, -0.15) is 0 Å². The number of ether oxygens (including phenoxy) is 2. The molecule has 0 spiro atoms. The van der Waals surface area contributed by atoms with Crippen molar-refractivity contribution in [3.8, 4) is 0 Å². The van der Waals surface area contributed by atoms with Crippen molar-refractivity contribution in [2.75, 3.05) is 0 Å². The zero-order valence-electron chi connectivity index (χ0n) is 19.9. The van der Waals surface area contributed by atoms with E-state index in [1.54, 1.807) is 0 Å². The standard InChI is InChI=1S/C31H30O4/c1-29(2)34-27(30(32,23-15-7-3-8-16-23)24-17-9-4-10-18-24)28(35-29)31(33,25-19-11-5-12-20-25)26-21-13-6-14-22-26/h3-22,27-28,32-33H,1-2H3/t27-,28?/m1/s1. The summed E-state index contributed by atoms with van der Waals surface area (Å²) in [6.45, 7) is 3.62. The van der Waals surface area contributed by atoms with Gasteiger partial charge in [0, 0.05) is 0 Å². The molecule has 0 amide bonds. The smallest absolute Gasteiger partial charge is 0.164 e. The third-order valence-corrected chi connectivity index (χ3v) is 6.78. The van der Waals surface area contributed by atoms with Crippen molar-refractivity contribution in [3.63, 3.8) is 0 Å². The minimum absolute atomic E-state index is 0.658. The van der Waals surface area contributed by atoms with Gasteiger partial charge < -0.3 is 19.7 Å². The van der Waals surface area contributed by atoms with Gasteiger partial charge in [-0.25, -0.2) is 0 Å². The minimum Gasteiger partial charge on any atom is -0.378 e. The van der Waals surface area contributed by atoms with E-state index in [4.69, 9.17) is 9.47 Å². The van der Waals surface area contributed by atoms with Crippen molar-refractivity contribution in [2.24, 2.45) is 0 Å². The molecule has 2 N–H and O–H groups in total. The molecule has 0 bridgehead atoms. The molecular formula is C31H30O4. The van der Waals surface area contributed by atoms with Crippen molar-refractivity contribution in [3.05, 3.63) is 144 Å². The summed E-state index contributed by atoms with van der Waals surface area (Å²) in [6.07, 6.45) is -1.87. The molecule has 4 aromatic rings. The first-order valence-corrected chi connectivity index (χ1v) is 11.9. The molecule has 0 aromatic heterocycles. The number of rotatable bonds is 6. The highest BCUT2D eigenvalue weighted by Gasteiger charge is 2.61.